The molecule has 0 radical (unpaired) electrons. The molecule has 0 unspecified atom stereocenters. The molecule has 1 heterocycles. The third-order valence-corrected chi connectivity index (χ3v) is 1.62. The van der Waals surface area contributed by atoms with E-state index in [0.29, 0.717) is 29.2 Å². The number of nitrogen functional groups attached to an aromatic ring is 1. The second kappa shape index (κ2) is 4.33. The number of nitrogens with two attached hydrogens (primary N) is 1. The molecule has 0 saturated carbocycles. The molecule has 0 aliphatic heterocycles. The van der Waals surface area contributed by atoms with Crippen LogP contribution in [0.1, 0.15) is 13.8 Å². The molecule has 3 nitrogen and oxygen atoms in total. The summed E-state index contributed by atoms with van der Waals surface area (Å²) in [5.74, 6) is 0.862. The van der Waals surface area contributed by atoms with Crippen molar-refractivity contribution in [1.82, 2.24) is 4.98 Å². The Hall–Kier alpha value is -0.960. The third-order valence-electron chi connectivity index (χ3n) is 1.41. The largest absolute Gasteiger partial charge is 0.476 e. The van der Waals surface area contributed by atoms with Crippen molar-refractivity contribution >= 4 is 17.3 Å². The molecule has 4 heteroatoms. The van der Waals surface area contributed by atoms with Crippen molar-refractivity contribution in [2.75, 3.05) is 12.3 Å². The summed E-state index contributed by atoms with van der Waals surface area (Å²) >= 11 is 5.69. The van der Waals surface area contributed by atoms with E-state index in [-0.39, 0.29) is 0 Å². The second-order valence-electron chi connectivity index (χ2n) is 3.23. The second-order valence-corrected chi connectivity index (χ2v) is 3.62. The maximum atomic E-state index is 5.69. The van der Waals surface area contributed by atoms with Gasteiger partial charge in [-0.1, -0.05) is 25.4 Å². The van der Waals surface area contributed by atoms with Crippen LogP contribution < -0.4 is 10.5 Å². The van der Waals surface area contributed by atoms with Crippen LogP contribution in [0.25, 0.3) is 0 Å². The van der Waals surface area contributed by atoms with Crippen LogP contribution in [0.15, 0.2) is 12.1 Å². The third kappa shape index (κ3) is 3.11. The van der Waals surface area contributed by atoms with Crippen molar-refractivity contribution in [3.8, 4) is 5.88 Å². The highest BCUT2D eigenvalue weighted by molar-refractivity contribution is 6.29. The Labute approximate surface area is 82.9 Å². The first-order chi connectivity index (χ1) is 6.09. The van der Waals surface area contributed by atoms with Gasteiger partial charge in [0.2, 0.25) is 5.88 Å². The van der Waals surface area contributed by atoms with Crippen LogP contribution in [0.3, 0.4) is 0 Å². The van der Waals surface area contributed by atoms with E-state index < -0.39 is 0 Å². The van der Waals surface area contributed by atoms with Gasteiger partial charge in [0, 0.05) is 0 Å². The quantitative estimate of drug-likeness (QED) is 0.762. The number of ether oxygens (including phenoxy) is 1. The highest BCUT2D eigenvalue weighted by Crippen LogP contribution is 2.21. The van der Waals surface area contributed by atoms with E-state index in [4.69, 9.17) is 22.1 Å². The normalized spacial score (nSPS) is 10.5. The molecule has 0 amide bonds. The van der Waals surface area contributed by atoms with Gasteiger partial charge in [-0.15, -0.1) is 0 Å². The fourth-order valence-corrected chi connectivity index (χ4v) is 0.930. The summed E-state index contributed by atoms with van der Waals surface area (Å²) in [6.45, 7) is 4.71. The lowest BCUT2D eigenvalue weighted by atomic mass is 10.2. The first-order valence-electron chi connectivity index (χ1n) is 4.14. The van der Waals surface area contributed by atoms with E-state index in [1.807, 2.05) is 0 Å². The zero-order valence-electron chi connectivity index (χ0n) is 7.75. The Bertz CT molecular complexity index is 289. The Morgan fingerprint density at radius 3 is 2.85 bits per heavy atom. The zero-order valence-corrected chi connectivity index (χ0v) is 8.51. The van der Waals surface area contributed by atoms with Gasteiger partial charge in [0.25, 0.3) is 0 Å². The molecule has 0 bridgehead atoms. The molecule has 1 aromatic rings. The predicted octanol–water partition coefficient (Wildman–Crippen LogP) is 2.35. The van der Waals surface area contributed by atoms with Crippen molar-refractivity contribution in [2.24, 2.45) is 5.92 Å². The summed E-state index contributed by atoms with van der Waals surface area (Å²) in [6, 6.07) is 3.32. The molecule has 2 N–H and O–H groups in total. The minimum absolute atomic E-state index is 0.396. The van der Waals surface area contributed by atoms with Gasteiger partial charge < -0.3 is 10.5 Å². The minimum atomic E-state index is 0.396. The Morgan fingerprint density at radius 2 is 2.23 bits per heavy atom. The standard InChI is InChI=1S/C9H13ClN2O/c1-6(2)5-13-9-7(11)3-4-8(10)12-9/h3-4,6H,5,11H2,1-2H3. The topological polar surface area (TPSA) is 48.1 Å². The summed E-state index contributed by atoms with van der Waals surface area (Å²) in [4.78, 5) is 3.96. The maximum Gasteiger partial charge on any atom is 0.238 e. The molecule has 0 aliphatic rings. The number of pyridine rings is 1. The predicted molar refractivity (Wildman–Crippen MR) is 54.0 cm³/mol. The van der Waals surface area contributed by atoms with Crippen molar-refractivity contribution in [1.29, 1.82) is 0 Å². The van der Waals surface area contributed by atoms with Crippen LogP contribution in [0, 0.1) is 5.92 Å². The average Bonchev–Trinajstić information content (AvgIpc) is 2.06. The van der Waals surface area contributed by atoms with Crippen molar-refractivity contribution in [3.05, 3.63) is 17.3 Å². The van der Waals surface area contributed by atoms with E-state index in [9.17, 15) is 0 Å². The average molecular weight is 201 g/mol. The van der Waals surface area contributed by atoms with Crippen LogP contribution in [0.4, 0.5) is 5.69 Å². The van der Waals surface area contributed by atoms with Gasteiger partial charge in [-0.05, 0) is 18.1 Å². The summed E-state index contributed by atoms with van der Waals surface area (Å²) < 4.78 is 5.36. The Balaban J connectivity index is 2.70. The van der Waals surface area contributed by atoms with E-state index >= 15 is 0 Å². The van der Waals surface area contributed by atoms with Crippen LogP contribution in [0.5, 0.6) is 5.88 Å². The fraction of sp³-hybridized carbons (Fsp3) is 0.444. The molecule has 1 aromatic heterocycles. The van der Waals surface area contributed by atoms with Gasteiger partial charge >= 0.3 is 0 Å². The van der Waals surface area contributed by atoms with Crippen molar-refractivity contribution in [3.63, 3.8) is 0 Å². The van der Waals surface area contributed by atoms with Gasteiger partial charge in [0.1, 0.15) is 5.15 Å². The molecule has 0 fully saturated rings. The van der Waals surface area contributed by atoms with Gasteiger partial charge in [-0.3, -0.25) is 0 Å². The molecular weight excluding hydrogens is 188 g/mol. The van der Waals surface area contributed by atoms with Gasteiger partial charge in [0.05, 0.1) is 12.3 Å². The van der Waals surface area contributed by atoms with Gasteiger partial charge in [-0.25, -0.2) is 0 Å². The number of rotatable bonds is 3. The molecule has 0 atom stereocenters. The van der Waals surface area contributed by atoms with E-state index in [1.54, 1.807) is 12.1 Å². The van der Waals surface area contributed by atoms with Gasteiger partial charge in [-0.2, -0.15) is 4.98 Å². The Morgan fingerprint density at radius 1 is 1.54 bits per heavy atom. The van der Waals surface area contributed by atoms with E-state index in [2.05, 4.69) is 18.8 Å². The minimum Gasteiger partial charge on any atom is -0.476 e. The van der Waals surface area contributed by atoms with E-state index in [1.165, 1.54) is 0 Å². The number of halogens is 1. The first-order valence-corrected chi connectivity index (χ1v) is 4.52. The molecule has 0 aromatic carbocycles. The van der Waals surface area contributed by atoms with Gasteiger partial charge in [0.15, 0.2) is 0 Å². The lowest BCUT2D eigenvalue weighted by molar-refractivity contribution is 0.263. The van der Waals surface area contributed by atoms with Crippen LogP contribution >= 0.6 is 11.6 Å². The summed E-state index contributed by atoms with van der Waals surface area (Å²) in [5, 5.41) is 0.396. The monoisotopic (exact) mass is 200 g/mol. The SMILES string of the molecule is CC(C)COc1nc(Cl)ccc1N. The maximum absolute atomic E-state index is 5.69. The molecule has 13 heavy (non-hydrogen) atoms. The highest BCUT2D eigenvalue weighted by atomic mass is 35.5. The zero-order chi connectivity index (χ0) is 9.84. The molecule has 0 saturated heterocycles. The molecule has 0 aliphatic carbocycles. The number of aromatic nitrogens is 1. The van der Waals surface area contributed by atoms with Crippen LogP contribution in [-0.2, 0) is 0 Å². The first kappa shape index (κ1) is 10.1. The molecule has 0 spiro atoms. The number of anilines is 1. The van der Waals surface area contributed by atoms with Crippen LogP contribution in [-0.4, -0.2) is 11.6 Å². The van der Waals surface area contributed by atoms with Crippen LogP contribution in [0.2, 0.25) is 5.15 Å². The fourth-order valence-electron chi connectivity index (χ4n) is 0.790. The van der Waals surface area contributed by atoms with E-state index in [0.717, 1.165) is 0 Å². The van der Waals surface area contributed by atoms with Crippen molar-refractivity contribution < 1.29 is 4.74 Å². The Kier molecular flexibility index (Phi) is 3.37. The molecular formula is C9H13ClN2O. The number of hydrogen-bond acceptors (Lipinski definition) is 3. The lowest BCUT2D eigenvalue weighted by Crippen LogP contribution is -2.07. The van der Waals surface area contributed by atoms with Crippen molar-refractivity contribution in [2.45, 2.75) is 13.8 Å². The number of nitrogens with zero attached hydrogens (tertiary/aromatic N) is 1. The smallest absolute Gasteiger partial charge is 0.238 e. The molecule has 1 rings (SSSR count). The highest BCUT2D eigenvalue weighted by Gasteiger charge is 2.03. The summed E-state index contributed by atoms with van der Waals surface area (Å²) in [6.07, 6.45) is 0. The number of hydrogen-bond donors (Lipinski definition) is 1. The molecule has 72 valence electrons. The summed E-state index contributed by atoms with van der Waals surface area (Å²) in [5.41, 5.74) is 6.15. The summed E-state index contributed by atoms with van der Waals surface area (Å²) in [7, 11) is 0. The lowest BCUT2D eigenvalue weighted by Gasteiger charge is -2.09.